The molecule has 0 bridgehead atoms. The van der Waals surface area contributed by atoms with Gasteiger partial charge in [0.05, 0.1) is 4.92 Å². The van der Waals surface area contributed by atoms with E-state index >= 15 is 0 Å². The molecule has 2 aromatic carbocycles. The number of nitrogens with one attached hydrogen (secondary N) is 1. The molecular weight excluding hydrogens is 404 g/mol. The van der Waals surface area contributed by atoms with Crippen LogP contribution in [0.2, 0.25) is 0 Å². The van der Waals surface area contributed by atoms with Gasteiger partial charge >= 0.3 is 5.63 Å². The average Bonchev–Trinajstić information content (AvgIpc) is 2.61. The van der Waals surface area contributed by atoms with Crippen LogP contribution < -0.4 is 10.9 Å². The first kappa shape index (κ1) is 17.6. The summed E-state index contributed by atoms with van der Waals surface area (Å²) in [6.07, 6.45) is 2.60. The first-order valence-corrected chi connectivity index (χ1v) is 8.18. The van der Waals surface area contributed by atoms with E-state index in [1.54, 1.807) is 24.3 Å². The van der Waals surface area contributed by atoms with Crippen LogP contribution in [0.1, 0.15) is 5.56 Å². The van der Waals surface area contributed by atoms with Crippen molar-refractivity contribution in [3.05, 3.63) is 85.2 Å². The van der Waals surface area contributed by atoms with Gasteiger partial charge in [-0.25, -0.2) is 4.79 Å². The molecule has 0 aliphatic rings. The van der Waals surface area contributed by atoms with Crippen LogP contribution in [0.4, 0.5) is 11.4 Å². The number of nitro groups is 1. The Kier molecular flexibility index (Phi) is 4.94. The quantitative estimate of drug-likeness (QED) is 0.299. The van der Waals surface area contributed by atoms with E-state index in [1.807, 2.05) is 0 Å². The van der Waals surface area contributed by atoms with Crippen molar-refractivity contribution in [2.45, 2.75) is 0 Å². The first-order valence-electron chi connectivity index (χ1n) is 7.39. The smallest absolute Gasteiger partial charge is 0.360 e. The molecule has 8 heteroatoms. The van der Waals surface area contributed by atoms with Gasteiger partial charge in [-0.05, 0) is 35.9 Å². The Hall–Kier alpha value is -3.26. The largest absolute Gasteiger partial charge is 0.421 e. The summed E-state index contributed by atoms with van der Waals surface area (Å²) in [4.78, 5) is 34.2. The van der Waals surface area contributed by atoms with Gasteiger partial charge in [0.1, 0.15) is 11.3 Å². The van der Waals surface area contributed by atoms with Gasteiger partial charge in [0.15, 0.2) is 0 Å². The normalized spacial score (nSPS) is 11.0. The molecule has 0 saturated carbocycles. The number of nitrogens with zero attached hydrogens (tertiary/aromatic N) is 1. The molecule has 7 nitrogen and oxygen atoms in total. The summed E-state index contributed by atoms with van der Waals surface area (Å²) in [6, 6.07) is 12.5. The predicted molar refractivity (Wildman–Crippen MR) is 101 cm³/mol. The first-order chi connectivity index (χ1) is 12.4. The van der Waals surface area contributed by atoms with Crippen molar-refractivity contribution in [3.8, 4) is 0 Å². The second kappa shape index (κ2) is 7.32. The minimum atomic E-state index is -0.670. The van der Waals surface area contributed by atoms with Crippen LogP contribution >= 0.6 is 15.9 Å². The van der Waals surface area contributed by atoms with Crippen molar-refractivity contribution >= 4 is 50.3 Å². The summed E-state index contributed by atoms with van der Waals surface area (Å²) in [5.74, 6) is -0.557. The summed E-state index contributed by atoms with van der Waals surface area (Å²) >= 11 is 3.33. The molecule has 0 atom stereocenters. The highest BCUT2D eigenvalue weighted by atomic mass is 79.9. The number of nitro benzene ring substituents is 1. The molecule has 0 fully saturated rings. The molecule has 1 heterocycles. The highest BCUT2D eigenvalue weighted by molar-refractivity contribution is 9.10. The van der Waals surface area contributed by atoms with E-state index in [4.69, 9.17) is 4.42 Å². The Morgan fingerprint density at radius 3 is 2.77 bits per heavy atom. The number of hydrogen-bond donors (Lipinski definition) is 1. The molecule has 1 amide bonds. The van der Waals surface area contributed by atoms with Gasteiger partial charge in [0, 0.05) is 28.1 Å². The Bertz CT molecular complexity index is 1100. The van der Waals surface area contributed by atoms with Crippen molar-refractivity contribution in [1.82, 2.24) is 0 Å². The molecule has 26 heavy (non-hydrogen) atoms. The molecule has 0 spiro atoms. The third kappa shape index (κ3) is 4.04. The Morgan fingerprint density at radius 1 is 1.19 bits per heavy atom. The molecule has 130 valence electrons. The molecule has 0 radical (unpaired) electrons. The Labute approximate surface area is 155 Å². The van der Waals surface area contributed by atoms with E-state index in [-0.39, 0.29) is 11.4 Å². The number of non-ortho nitro benzene ring substituents is 1. The topological polar surface area (TPSA) is 102 Å². The molecule has 3 rings (SSSR count). The minimum Gasteiger partial charge on any atom is -0.421 e. The highest BCUT2D eigenvalue weighted by Crippen LogP contribution is 2.21. The van der Waals surface area contributed by atoms with E-state index in [0.29, 0.717) is 16.5 Å². The number of carbonyl (C=O) groups excluding carboxylic acids is 1. The van der Waals surface area contributed by atoms with Gasteiger partial charge in [-0.3, -0.25) is 14.9 Å². The van der Waals surface area contributed by atoms with Crippen molar-refractivity contribution in [2.75, 3.05) is 5.32 Å². The average molecular weight is 415 g/mol. The molecule has 1 N–H and O–H groups in total. The van der Waals surface area contributed by atoms with Crippen LogP contribution in [0.15, 0.2) is 68.3 Å². The van der Waals surface area contributed by atoms with Crippen LogP contribution in [0, 0.1) is 10.1 Å². The van der Waals surface area contributed by atoms with Crippen LogP contribution in [0.3, 0.4) is 0 Å². The van der Waals surface area contributed by atoms with Crippen molar-refractivity contribution in [3.63, 3.8) is 0 Å². The number of hydrogen-bond acceptors (Lipinski definition) is 5. The van der Waals surface area contributed by atoms with Crippen molar-refractivity contribution < 1.29 is 14.1 Å². The summed E-state index contributed by atoms with van der Waals surface area (Å²) in [5, 5.41) is 13.9. The van der Waals surface area contributed by atoms with Gasteiger partial charge in [-0.2, -0.15) is 0 Å². The fourth-order valence-electron chi connectivity index (χ4n) is 2.27. The summed E-state index contributed by atoms with van der Waals surface area (Å²) in [5.41, 5.74) is 0.154. The minimum absolute atomic E-state index is 0.00397. The standard InChI is InChI=1S/C18H11BrN2O5/c19-13-5-6-16-12(9-13)10-15(18(23)26-16)20-17(22)7-4-11-2-1-3-14(8-11)21(24)25/h1-10H,(H,20,22). The van der Waals surface area contributed by atoms with Crippen molar-refractivity contribution in [1.29, 1.82) is 0 Å². The zero-order valence-electron chi connectivity index (χ0n) is 13.1. The zero-order valence-corrected chi connectivity index (χ0v) is 14.7. The molecule has 0 aliphatic heterocycles. The second-order valence-corrected chi connectivity index (χ2v) is 6.22. The number of amides is 1. The summed E-state index contributed by atoms with van der Waals surface area (Å²) in [7, 11) is 0. The number of anilines is 1. The molecule has 0 saturated heterocycles. The van der Waals surface area contributed by atoms with Crippen LogP contribution in [0.25, 0.3) is 17.0 Å². The van der Waals surface area contributed by atoms with Crippen LogP contribution in [-0.4, -0.2) is 10.8 Å². The maximum absolute atomic E-state index is 12.0. The van der Waals surface area contributed by atoms with Crippen LogP contribution in [0.5, 0.6) is 0 Å². The molecule has 3 aromatic rings. The van der Waals surface area contributed by atoms with E-state index in [0.717, 1.165) is 4.47 Å². The molecular formula is C18H11BrN2O5. The van der Waals surface area contributed by atoms with E-state index in [1.165, 1.54) is 36.4 Å². The summed E-state index contributed by atoms with van der Waals surface area (Å²) in [6.45, 7) is 0. The van der Waals surface area contributed by atoms with E-state index < -0.39 is 16.5 Å². The Balaban J connectivity index is 1.80. The van der Waals surface area contributed by atoms with Crippen LogP contribution in [-0.2, 0) is 4.79 Å². The third-order valence-corrected chi connectivity index (χ3v) is 3.95. The number of rotatable bonds is 4. The molecule has 0 aliphatic carbocycles. The monoisotopic (exact) mass is 414 g/mol. The Morgan fingerprint density at radius 2 is 2.00 bits per heavy atom. The number of carbonyl (C=O) groups is 1. The number of halogens is 1. The van der Waals surface area contributed by atoms with E-state index in [2.05, 4.69) is 21.2 Å². The number of benzene rings is 2. The lowest BCUT2D eigenvalue weighted by Crippen LogP contribution is -2.15. The maximum Gasteiger partial charge on any atom is 0.360 e. The number of fused-ring (bicyclic) bond motifs is 1. The molecule has 1 aromatic heterocycles. The predicted octanol–water partition coefficient (Wildman–Crippen LogP) is 4.12. The lowest BCUT2D eigenvalue weighted by atomic mass is 10.2. The van der Waals surface area contributed by atoms with Gasteiger partial charge in [0.25, 0.3) is 5.69 Å². The highest BCUT2D eigenvalue weighted by Gasteiger charge is 2.08. The lowest BCUT2D eigenvalue weighted by Gasteiger charge is -2.03. The fourth-order valence-corrected chi connectivity index (χ4v) is 2.65. The van der Waals surface area contributed by atoms with E-state index in [9.17, 15) is 19.7 Å². The van der Waals surface area contributed by atoms with Gasteiger partial charge < -0.3 is 9.73 Å². The van der Waals surface area contributed by atoms with Gasteiger partial charge in [-0.15, -0.1) is 0 Å². The van der Waals surface area contributed by atoms with Crippen molar-refractivity contribution in [2.24, 2.45) is 0 Å². The lowest BCUT2D eigenvalue weighted by molar-refractivity contribution is -0.384. The van der Waals surface area contributed by atoms with Gasteiger partial charge in [0.2, 0.25) is 5.91 Å². The third-order valence-electron chi connectivity index (χ3n) is 3.46. The second-order valence-electron chi connectivity index (χ2n) is 5.30. The summed E-state index contributed by atoms with van der Waals surface area (Å²) < 4.78 is 5.97. The SMILES string of the molecule is O=C(C=Cc1cccc([N+](=O)[O-])c1)Nc1cc2cc(Br)ccc2oc1=O. The maximum atomic E-state index is 12.0. The fraction of sp³-hybridized carbons (Fsp3) is 0. The molecule has 0 unspecified atom stereocenters. The zero-order chi connectivity index (χ0) is 18.7. The van der Waals surface area contributed by atoms with Gasteiger partial charge in [-0.1, -0.05) is 28.1 Å².